The summed E-state index contributed by atoms with van der Waals surface area (Å²) >= 11 is 0. The van der Waals surface area contributed by atoms with E-state index >= 15 is 0 Å². The van der Waals surface area contributed by atoms with Gasteiger partial charge in [0.15, 0.2) is 24.8 Å². The Kier molecular flexibility index (Phi) is 20.2. The number of aromatic nitrogens is 4. The van der Waals surface area contributed by atoms with E-state index < -0.39 is 0 Å². The topological polar surface area (TPSA) is 15.5 Å². The van der Waals surface area contributed by atoms with Gasteiger partial charge in [-0.15, -0.1) is 0 Å². The van der Waals surface area contributed by atoms with Crippen molar-refractivity contribution in [2.24, 2.45) is 34.1 Å². The lowest BCUT2D eigenvalue weighted by atomic mass is 9.95. The highest BCUT2D eigenvalue weighted by atomic mass is 14.9. The fourth-order valence-electron chi connectivity index (χ4n) is 9.88. The molecule has 388 valence electrons. The van der Waals surface area contributed by atoms with Gasteiger partial charge in [-0.2, -0.15) is 0 Å². The Morgan fingerprint density at radius 3 is 0.946 bits per heavy atom. The van der Waals surface area contributed by atoms with E-state index in [1.165, 1.54) is 134 Å². The lowest BCUT2D eigenvalue weighted by molar-refractivity contribution is -0.660. The van der Waals surface area contributed by atoms with Crippen LogP contribution in [0.2, 0.25) is 0 Å². The summed E-state index contributed by atoms with van der Waals surface area (Å²) in [6.07, 6.45) is 11.1. The van der Waals surface area contributed by atoms with E-state index in [0.29, 0.717) is 11.8 Å². The zero-order valence-electron chi connectivity index (χ0n) is 49.9. The SMILES string of the molecule is CCc1ccc(-c2cc(C)c(C)c[n+]2C)c(C)c1.Cc1cc(-c2ccc(C(C)C)cc2C)[n+](C)cc1C.Cc1cc(-c2ccc(CC(C)C)cc2C)[n+](C)cc1C.Cc1ccc(-c2cc(C)c(C)c[n+]2C)c(C)c1. The molecular weight excluding hydrogens is 897 g/mol. The first-order valence-corrected chi connectivity index (χ1v) is 27.1. The highest BCUT2D eigenvalue weighted by Crippen LogP contribution is 2.28. The quantitative estimate of drug-likeness (QED) is 0.135. The second kappa shape index (κ2) is 25.6. The van der Waals surface area contributed by atoms with Crippen molar-refractivity contribution >= 4 is 0 Å². The Bertz CT molecular complexity index is 3260. The number of pyridine rings is 4. The van der Waals surface area contributed by atoms with Crippen LogP contribution in [0.4, 0.5) is 0 Å². The summed E-state index contributed by atoms with van der Waals surface area (Å²) in [6, 6.07) is 36.3. The zero-order valence-corrected chi connectivity index (χ0v) is 49.9. The Morgan fingerprint density at radius 2 is 0.635 bits per heavy atom. The predicted molar refractivity (Wildman–Crippen MR) is 316 cm³/mol. The molecule has 0 spiro atoms. The summed E-state index contributed by atoms with van der Waals surface area (Å²) in [5.74, 6) is 1.29. The number of aryl methyl sites for hydroxylation is 18. The van der Waals surface area contributed by atoms with E-state index in [0.717, 1.165) is 12.8 Å². The number of benzene rings is 4. The van der Waals surface area contributed by atoms with Gasteiger partial charge in [0.1, 0.15) is 28.2 Å². The fraction of sp³-hybridized carbons (Fsp3) is 0.371. The van der Waals surface area contributed by atoms with Gasteiger partial charge in [0.05, 0.1) is 0 Å². The van der Waals surface area contributed by atoms with E-state index in [2.05, 4.69) is 293 Å². The van der Waals surface area contributed by atoms with Gasteiger partial charge < -0.3 is 0 Å². The van der Waals surface area contributed by atoms with Gasteiger partial charge in [0.2, 0.25) is 22.8 Å². The van der Waals surface area contributed by atoms with Crippen LogP contribution in [0.1, 0.15) is 130 Å². The third-order valence-electron chi connectivity index (χ3n) is 15.0. The van der Waals surface area contributed by atoms with Crippen molar-refractivity contribution in [2.45, 2.75) is 143 Å². The first-order chi connectivity index (χ1) is 34.8. The second-order valence-electron chi connectivity index (χ2n) is 22.3. The third kappa shape index (κ3) is 14.8. The fourth-order valence-corrected chi connectivity index (χ4v) is 9.88. The van der Waals surface area contributed by atoms with Crippen molar-refractivity contribution in [2.75, 3.05) is 0 Å². The summed E-state index contributed by atoms with van der Waals surface area (Å²) in [7, 11) is 8.48. The molecule has 0 aliphatic rings. The molecule has 74 heavy (non-hydrogen) atoms. The molecule has 0 atom stereocenters. The van der Waals surface area contributed by atoms with Crippen molar-refractivity contribution in [1.82, 2.24) is 0 Å². The summed E-state index contributed by atoms with van der Waals surface area (Å²) < 4.78 is 8.88. The van der Waals surface area contributed by atoms with Crippen LogP contribution >= 0.6 is 0 Å². The van der Waals surface area contributed by atoms with E-state index in [1.807, 2.05) is 0 Å². The maximum absolute atomic E-state index is 2.34. The minimum Gasteiger partial charge on any atom is -0.201 e. The molecule has 0 N–H and O–H groups in total. The van der Waals surface area contributed by atoms with Gasteiger partial charge in [-0.3, -0.25) is 0 Å². The first kappa shape index (κ1) is 58.4. The van der Waals surface area contributed by atoms with Gasteiger partial charge >= 0.3 is 0 Å². The van der Waals surface area contributed by atoms with Crippen LogP contribution < -0.4 is 18.3 Å². The van der Waals surface area contributed by atoms with E-state index in [-0.39, 0.29) is 0 Å². The molecule has 0 saturated heterocycles. The van der Waals surface area contributed by atoms with Crippen LogP contribution in [0, 0.1) is 95.9 Å². The molecule has 0 unspecified atom stereocenters. The van der Waals surface area contributed by atoms with E-state index in [1.54, 1.807) is 0 Å². The van der Waals surface area contributed by atoms with Crippen molar-refractivity contribution in [3.05, 3.63) is 211 Å². The van der Waals surface area contributed by atoms with Crippen LogP contribution in [0.5, 0.6) is 0 Å². The molecule has 0 aliphatic carbocycles. The molecule has 4 nitrogen and oxygen atoms in total. The molecule has 8 rings (SSSR count). The second-order valence-corrected chi connectivity index (χ2v) is 22.3. The summed E-state index contributed by atoms with van der Waals surface area (Å²) in [5.41, 5.74) is 32.2. The van der Waals surface area contributed by atoms with Crippen molar-refractivity contribution in [1.29, 1.82) is 0 Å². The van der Waals surface area contributed by atoms with Crippen molar-refractivity contribution in [3.63, 3.8) is 0 Å². The Labute approximate surface area is 449 Å². The van der Waals surface area contributed by atoms with Crippen LogP contribution in [0.15, 0.2) is 122 Å². The van der Waals surface area contributed by atoms with Crippen molar-refractivity contribution in [3.8, 4) is 45.0 Å². The molecule has 0 amide bonds. The number of hydrogen-bond donors (Lipinski definition) is 0. The highest BCUT2D eigenvalue weighted by molar-refractivity contribution is 5.65. The smallest absolute Gasteiger partial charge is 0.201 e. The molecule has 4 heterocycles. The average molecular weight is 990 g/mol. The molecule has 0 radical (unpaired) electrons. The molecule has 0 saturated carbocycles. The summed E-state index contributed by atoms with van der Waals surface area (Å²) in [5, 5.41) is 0. The maximum Gasteiger partial charge on any atom is 0.212 e. The van der Waals surface area contributed by atoms with Gasteiger partial charge in [-0.1, -0.05) is 88.7 Å². The van der Waals surface area contributed by atoms with E-state index in [9.17, 15) is 0 Å². The van der Waals surface area contributed by atoms with Gasteiger partial charge in [-0.05, 0) is 200 Å². The van der Waals surface area contributed by atoms with Gasteiger partial charge in [-0.25, -0.2) is 18.3 Å². The lowest BCUT2D eigenvalue weighted by Gasteiger charge is -2.11. The van der Waals surface area contributed by atoms with Gasteiger partial charge in [0.25, 0.3) is 0 Å². The number of hydrogen-bond acceptors (Lipinski definition) is 0. The van der Waals surface area contributed by atoms with Gasteiger partial charge in [0, 0.05) is 68.8 Å². The molecule has 4 aromatic heterocycles. The average Bonchev–Trinajstić information content (AvgIpc) is 3.32. The van der Waals surface area contributed by atoms with Crippen molar-refractivity contribution < 1.29 is 18.3 Å². The molecule has 4 heteroatoms. The minimum absolute atomic E-state index is 0.584. The first-order valence-electron chi connectivity index (χ1n) is 27.1. The molecular formula is C70H92N4+4. The van der Waals surface area contributed by atoms with Crippen LogP contribution in [0.25, 0.3) is 45.0 Å². The van der Waals surface area contributed by atoms with E-state index in [4.69, 9.17) is 0 Å². The summed E-state index contributed by atoms with van der Waals surface area (Å²) in [4.78, 5) is 0. The number of nitrogens with zero attached hydrogens (tertiary/aromatic N) is 4. The standard InChI is InChI=1S/C19H26N.C18H24N.C17H22N.C16H20N/c1-13(2)9-17-7-8-18(15(4)10-17)19-11-14(3)16(5)12-20(19)6;1-12(2)16-7-8-17(14(4)9-16)18-10-13(3)15(5)11-19(18)6;1-6-15-7-8-16(13(3)9-15)17-10-12(2)14(4)11-18(17)5;1-11-6-7-15(13(3)8-11)16-9-12(2)14(4)10-17(16)5/h7-8,10-13H,9H2,1-6H3;7-12H,1-6H3;7-11H,6H2,1-5H3;6-10H,1-5H3/q4*+1. The predicted octanol–water partition coefficient (Wildman–Crippen LogP) is 15.6. The molecule has 4 aromatic carbocycles. The molecule has 0 bridgehead atoms. The zero-order chi connectivity index (χ0) is 54.9. The molecule has 8 aromatic rings. The summed E-state index contributed by atoms with van der Waals surface area (Å²) in [6.45, 7) is 39.5. The van der Waals surface area contributed by atoms with Crippen LogP contribution in [-0.2, 0) is 41.0 Å². The molecule has 0 aliphatic heterocycles. The maximum atomic E-state index is 2.34. The Balaban J connectivity index is 0.000000183. The van der Waals surface area contributed by atoms with Crippen LogP contribution in [-0.4, -0.2) is 0 Å². The molecule has 0 fully saturated rings. The Hall–Kier alpha value is -6.52. The third-order valence-corrected chi connectivity index (χ3v) is 15.0. The lowest BCUT2D eigenvalue weighted by Crippen LogP contribution is -2.31. The monoisotopic (exact) mass is 989 g/mol. The van der Waals surface area contributed by atoms with Crippen LogP contribution in [0.3, 0.4) is 0 Å². The Morgan fingerprint density at radius 1 is 0.324 bits per heavy atom. The largest absolute Gasteiger partial charge is 0.212 e. The highest BCUT2D eigenvalue weighted by Gasteiger charge is 2.18. The normalized spacial score (nSPS) is 10.9. The number of rotatable bonds is 8. The minimum atomic E-state index is 0.584.